The monoisotopic (exact) mass is 286 g/mol. The molecule has 0 N–H and O–H groups in total. The van der Waals surface area contributed by atoms with E-state index < -0.39 is 0 Å². The molecule has 3 rings (SSSR count). The molecule has 1 aromatic carbocycles. The number of carbonyl (C=O) groups excluding carboxylic acids is 3. The largest absolute Gasteiger partial charge is 0.338 e. The van der Waals surface area contributed by atoms with Crippen molar-refractivity contribution in [2.75, 3.05) is 13.1 Å². The van der Waals surface area contributed by atoms with Crippen LogP contribution >= 0.6 is 0 Å². The summed E-state index contributed by atoms with van der Waals surface area (Å²) in [6.45, 7) is 2.57. The highest BCUT2D eigenvalue weighted by atomic mass is 16.2. The van der Waals surface area contributed by atoms with Gasteiger partial charge in [-0.3, -0.25) is 19.3 Å². The normalized spacial score (nSPS) is 21.7. The lowest BCUT2D eigenvalue weighted by molar-refractivity contribution is -0.134. The van der Waals surface area contributed by atoms with Crippen molar-refractivity contribution in [3.8, 4) is 0 Å². The molecule has 1 aromatic rings. The fourth-order valence-electron chi connectivity index (χ4n) is 3.08. The van der Waals surface area contributed by atoms with Crippen LogP contribution in [0, 0.1) is 0 Å². The van der Waals surface area contributed by atoms with Crippen LogP contribution in [0.3, 0.4) is 0 Å². The summed E-state index contributed by atoms with van der Waals surface area (Å²) in [5.41, 5.74) is 0.781. The number of benzene rings is 1. The lowest BCUT2D eigenvalue weighted by Crippen LogP contribution is -2.48. The number of rotatable bonds is 2. The standard InChI is InChI=1S/C16H18N2O3/c1-11-6-4-5-9-17(11)14(19)10-18-15(20)12-7-2-3-8-13(12)16(18)21/h2-3,7-8,11H,4-6,9-10H2,1H3/t11-/m0/s1. The topological polar surface area (TPSA) is 57.7 Å². The highest BCUT2D eigenvalue weighted by molar-refractivity contribution is 6.22. The molecule has 21 heavy (non-hydrogen) atoms. The number of piperidine rings is 1. The molecule has 5 nitrogen and oxygen atoms in total. The molecule has 2 heterocycles. The molecule has 0 spiro atoms. The van der Waals surface area contributed by atoms with Gasteiger partial charge in [0.15, 0.2) is 0 Å². The van der Waals surface area contributed by atoms with Crippen molar-refractivity contribution in [3.63, 3.8) is 0 Å². The van der Waals surface area contributed by atoms with Gasteiger partial charge in [0.1, 0.15) is 6.54 Å². The molecule has 0 saturated carbocycles. The van der Waals surface area contributed by atoms with Crippen LogP contribution in [0.4, 0.5) is 0 Å². The number of hydrogen-bond donors (Lipinski definition) is 0. The van der Waals surface area contributed by atoms with Crippen molar-refractivity contribution in [1.82, 2.24) is 9.80 Å². The van der Waals surface area contributed by atoms with E-state index in [1.165, 1.54) is 0 Å². The highest BCUT2D eigenvalue weighted by Crippen LogP contribution is 2.23. The summed E-state index contributed by atoms with van der Waals surface area (Å²) in [7, 11) is 0. The molecule has 0 aromatic heterocycles. The maximum atomic E-state index is 12.4. The molecule has 1 fully saturated rings. The first-order chi connectivity index (χ1) is 10.1. The van der Waals surface area contributed by atoms with Gasteiger partial charge in [0.05, 0.1) is 11.1 Å². The lowest BCUT2D eigenvalue weighted by Gasteiger charge is -2.34. The molecule has 3 amide bonds. The Kier molecular flexibility index (Phi) is 3.49. The number of carbonyl (C=O) groups is 3. The molecule has 2 aliphatic rings. The van der Waals surface area contributed by atoms with Crippen molar-refractivity contribution in [2.45, 2.75) is 32.2 Å². The summed E-state index contributed by atoms with van der Waals surface area (Å²) in [5.74, 6) is -0.876. The van der Waals surface area contributed by atoms with Crippen LogP contribution < -0.4 is 0 Å². The molecule has 2 aliphatic heterocycles. The number of nitrogens with zero attached hydrogens (tertiary/aromatic N) is 2. The average molecular weight is 286 g/mol. The zero-order valence-electron chi connectivity index (χ0n) is 12.0. The van der Waals surface area contributed by atoms with Gasteiger partial charge in [-0.2, -0.15) is 0 Å². The van der Waals surface area contributed by atoms with Gasteiger partial charge >= 0.3 is 0 Å². The van der Waals surface area contributed by atoms with Gasteiger partial charge in [-0.15, -0.1) is 0 Å². The average Bonchev–Trinajstić information content (AvgIpc) is 2.73. The number of amides is 3. The summed E-state index contributed by atoms with van der Waals surface area (Å²) in [5, 5.41) is 0. The van der Waals surface area contributed by atoms with Crippen molar-refractivity contribution in [1.29, 1.82) is 0 Å². The first-order valence-corrected chi connectivity index (χ1v) is 7.34. The van der Waals surface area contributed by atoms with Crippen LogP contribution in [0.1, 0.15) is 46.9 Å². The van der Waals surface area contributed by atoms with Crippen LogP contribution in [0.25, 0.3) is 0 Å². The number of likely N-dealkylation sites (tertiary alicyclic amines) is 1. The Hall–Kier alpha value is -2.17. The third-order valence-corrected chi connectivity index (χ3v) is 4.29. The molecule has 1 saturated heterocycles. The van der Waals surface area contributed by atoms with Crippen LogP contribution in [0.5, 0.6) is 0 Å². The predicted octanol–water partition coefficient (Wildman–Crippen LogP) is 1.68. The van der Waals surface area contributed by atoms with E-state index in [4.69, 9.17) is 0 Å². The zero-order valence-corrected chi connectivity index (χ0v) is 12.0. The summed E-state index contributed by atoms with van der Waals surface area (Å²) < 4.78 is 0. The molecule has 1 atom stereocenters. The van der Waals surface area contributed by atoms with Crippen LogP contribution in [-0.4, -0.2) is 46.7 Å². The number of hydrogen-bond acceptors (Lipinski definition) is 3. The zero-order chi connectivity index (χ0) is 15.0. The second-order valence-electron chi connectivity index (χ2n) is 5.67. The molecule has 0 bridgehead atoms. The number of imide groups is 1. The van der Waals surface area contributed by atoms with Crippen molar-refractivity contribution < 1.29 is 14.4 Å². The molecule has 0 radical (unpaired) electrons. The van der Waals surface area contributed by atoms with Crippen LogP contribution in [-0.2, 0) is 4.79 Å². The lowest BCUT2D eigenvalue weighted by atomic mass is 10.0. The van der Waals surface area contributed by atoms with Gasteiger partial charge in [0.25, 0.3) is 11.8 Å². The minimum absolute atomic E-state index is 0.142. The van der Waals surface area contributed by atoms with Gasteiger partial charge in [-0.25, -0.2) is 0 Å². The summed E-state index contributed by atoms with van der Waals surface area (Å²) in [6.07, 6.45) is 3.09. The third-order valence-electron chi connectivity index (χ3n) is 4.29. The van der Waals surface area contributed by atoms with Crippen molar-refractivity contribution in [2.24, 2.45) is 0 Å². The Morgan fingerprint density at radius 1 is 1.14 bits per heavy atom. The maximum absolute atomic E-state index is 12.4. The third kappa shape index (κ3) is 2.33. The second kappa shape index (κ2) is 5.31. The van der Waals surface area contributed by atoms with Crippen molar-refractivity contribution in [3.05, 3.63) is 35.4 Å². The van der Waals surface area contributed by atoms with E-state index in [1.54, 1.807) is 29.2 Å². The Morgan fingerprint density at radius 3 is 2.33 bits per heavy atom. The SMILES string of the molecule is C[C@H]1CCCCN1C(=O)CN1C(=O)c2ccccc2C1=O. The van der Waals surface area contributed by atoms with Gasteiger partial charge in [0.2, 0.25) is 5.91 Å². The van der Waals surface area contributed by atoms with E-state index in [9.17, 15) is 14.4 Å². The van der Waals surface area contributed by atoms with E-state index >= 15 is 0 Å². The predicted molar refractivity (Wildman–Crippen MR) is 76.8 cm³/mol. The van der Waals surface area contributed by atoms with Gasteiger partial charge in [0, 0.05) is 12.6 Å². The molecular weight excluding hydrogens is 268 g/mol. The van der Waals surface area contributed by atoms with Gasteiger partial charge < -0.3 is 4.90 Å². The summed E-state index contributed by atoms with van der Waals surface area (Å²) >= 11 is 0. The molecule has 5 heteroatoms. The van der Waals surface area contributed by atoms with E-state index in [1.807, 2.05) is 6.92 Å². The first kappa shape index (κ1) is 13.8. The van der Waals surface area contributed by atoms with Gasteiger partial charge in [-0.05, 0) is 38.3 Å². The smallest absolute Gasteiger partial charge is 0.262 e. The van der Waals surface area contributed by atoms with E-state index in [0.29, 0.717) is 17.7 Å². The highest BCUT2D eigenvalue weighted by Gasteiger charge is 2.37. The van der Waals surface area contributed by atoms with Gasteiger partial charge in [-0.1, -0.05) is 12.1 Å². The maximum Gasteiger partial charge on any atom is 0.262 e. The Balaban J connectivity index is 1.76. The fourth-order valence-corrected chi connectivity index (χ4v) is 3.08. The minimum atomic E-state index is -0.367. The quantitative estimate of drug-likeness (QED) is 0.777. The Bertz CT molecular complexity index is 576. The van der Waals surface area contributed by atoms with E-state index in [-0.39, 0.29) is 30.3 Å². The molecule has 110 valence electrons. The van der Waals surface area contributed by atoms with E-state index in [2.05, 4.69) is 0 Å². The molecular formula is C16H18N2O3. The van der Waals surface area contributed by atoms with Crippen LogP contribution in [0.15, 0.2) is 24.3 Å². The molecule has 0 unspecified atom stereocenters. The summed E-state index contributed by atoms with van der Waals surface area (Å²) in [4.78, 5) is 39.7. The second-order valence-corrected chi connectivity index (χ2v) is 5.67. The van der Waals surface area contributed by atoms with Crippen LogP contribution in [0.2, 0.25) is 0 Å². The Labute approximate surface area is 123 Å². The van der Waals surface area contributed by atoms with E-state index in [0.717, 1.165) is 24.2 Å². The minimum Gasteiger partial charge on any atom is -0.338 e. The first-order valence-electron chi connectivity index (χ1n) is 7.34. The Morgan fingerprint density at radius 2 is 1.76 bits per heavy atom. The fraction of sp³-hybridized carbons (Fsp3) is 0.438. The number of fused-ring (bicyclic) bond motifs is 1. The summed E-state index contributed by atoms with van der Waals surface area (Å²) in [6, 6.07) is 6.89. The molecule has 0 aliphatic carbocycles. The van der Waals surface area contributed by atoms with Crippen molar-refractivity contribution >= 4 is 17.7 Å².